The van der Waals surface area contributed by atoms with E-state index in [1.54, 1.807) is 25.4 Å². The topological polar surface area (TPSA) is 127 Å². The third kappa shape index (κ3) is 8.43. The molecule has 4 rings (SSSR count). The fourth-order valence-corrected chi connectivity index (χ4v) is 4.06. The van der Waals surface area contributed by atoms with E-state index in [0.29, 0.717) is 33.8 Å². The van der Waals surface area contributed by atoms with E-state index in [2.05, 4.69) is 41.7 Å². The summed E-state index contributed by atoms with van der Waals surface area (Å²) in [5.41, 5.74) is 5.64. The Balaban J connectivity index is 1.38. The predicted octanol–water partition coefficient (Wildman–Crippen LogP) is 4.75. The van der Waals surface area contributed by atoms with Gasteiger partial charge in [0.25, 0.3) is 5.91 Å². The maximum atomic E-state index is 13.0. The second-order valence-corrected chi connectivity index (χ2v) is 9.43. The van der Waals surface area contributed by atoms with Crippen molar-refractivity contribution in [2.24, 2.45) is 5.10 Å². The summed E-state index contributed by atoms with van der Waals surface area (Å²) in [5.74, 6) is 0.525. The smallest absolute Gasteiger partial charge is 0.408 e. The lowest BCUT2D eigenvalue weighted by Gasteiger charge is -2.16. The second kappa shape index (κ2) is 14.5. The molecule has 0 radical (unpaired) electrons. The number of ether oxygens (including phenoxy) is 3. The number of aromatic nitrogens is 2. The monoisotopic (exact) mass is 605 g/mol. The first-order valence-corrected chi connectivity index (χ1v) is 13.1. The Labute approximate surface area is 239 Å². The van der Waals surface area contributed by atoms with E-state index >= 15 is 0 Å². The van der Waals surface area contributed by atoms with Gasteiger partial charge in [0.15, 0.2) is 11.5 Å². The highest BCUT2D eigenvalue weighted by molar-refractivity contribution is 9.10. The summed E-state index contributed by atoms with van der Waals surface area (Å²) < 4.78 is 17.4. The van der Waals surface area contributed by atoms with Gasteiger partial charge in [0, 0.05) is 28.3 Å². The maximum absolute atomic E-state index is 13.0. The minimum absolute atomic E-state index is 0.0736. The molecule has 206 valence electrons. The number of nitrogens with zero attached hydrogens (tertiary/aromatic N) is 2. The molecule has 3 aromatic carbocycles. The minimum Gasteiger partial charge on any atom is -0.493 e. The van der Waals surface area contributed by atoms with E-state index in [1.807, 2.05) is 60.7 Å². The number of benzene rings is 3. The Morgan fingerprint density at radius 1 is 1.02 bits per heavy atom. The van der Waals surface area contributed by atoms with E-state index in [-0.39, 0.29) is 13.0 Å². The molecule has 0 saturated carbocycles. The zero-order valence-electron chi connectivity index (χ0n) is 21.7. The van der Waals surface area contributed by atoms with Crippen LogP contribution in [0.1, 0.15) is 22.4 Å². The first-order chi connectivity index (χ1) is 19.5. The van der Waals surface area contributed by atoms with Crippen LogP contribution in [0.15, 0.2) is 94.9 Å². The Morgan fingerprint density at radius 3 is 2.38 bits per heavy atom. The summed E-state index contributed by atoms with van der Waals surface area (Å²) in [7, 11) is 1.55. The molecule has 0 saturated heterocycles. The molecular weight excluding hydrogens is 578 g/mol. The van der Waals surface area contributed by atoms with E-state index in [1.165, 1.54) is 12.5 Å². The van der Waals surface area contributed by atoms with Gasteiger partial charge in [0.2, 0.25) is 0 Å². The maximum Gasteiger partial charge on any atom is 0.408 e. The van der Waals surface area contributed by atoms with Crippen LogP contribution in [-0.2, 0) is 29.2 Å². The average Bonchev–Trinajstić information content (AvgIpc) is 3.50. The van der Waals surface area contributed by atoms with E-state index in [0.717, 1.165) is 11.1 Å². The number of carbonyl (C=O) groups excluding carboxylic acids is 2. The van der Waals surface area contributed by atoms with Crippen molar-refractivity contribution >= 4 is 34.1 Å². The molecule has 1 aromatic heterocycles. The van der Waals surface area contributed by atoms with Crippen molar-refractivity contribution in [1.29, 1.82) is 0 Å². The van der Waals surface area contributed by atoms with Crippen molar-refractivity contribution < 1.29 is 23.8 Å². The quantitative estimate of drug-likeness (QED) is 0.158. The molecule has 1 atom stereocenters. The van der Waals surface area contributed by atoms with Gasteiger partial charge in [-0.05, 0) is 39.2 Å². The highest BCUT2D eigenvalue weighted by Crippen LogP contribution is 2.33. The van der Waals surface area contributed by atoms with Crippen LogP contribution < -0.4 is 20.2 Å². The third-order valence-corrected chi connectivity index (χ3v) is 6.39. The summed E-state index contributed by atoms with van der Waals surface area (Å²) in [4.78, 5) is 32.3. The SMILES string of the molecule is COc1cc(/C=N\NC(=O)[C@H](Cc2cnc[nH]2)NC(=O)OCc2ccccc2)c(Br)cc1OCc1ccccc1. The number of halogens is 1. The molecule has 11 heteroatoms. The molecule has 0 aliphatic rings. The standard InChI is InChI=1S/C29H28BrN5O5/c1-38-26-12-22(24(30)14-27(26)39-17-20-8-4-2-5-9-20)15-33-35-28(36)25(13-23-16-31-19-32-23)34-29(37)40-18-21-10-6-3-7-11-21/h2-12,14-16,19,25H,13,17-18H2,1H3,(H,31,32)(H,34,37)(H,35,36)/b33-15-/t25-/m0/s1. The Morgan fingerprint density at radius 2 is 1.73 bits per heavy atom. The molecule has 40 heavy (non-hydrogen) atoms. The summed E-state index contributed by atoms with van der Waals surface area (Å²) in [6.45, 7) is 0.454. The van der Waals surface area contributed by atoms with Gasteiger partial charge in [0.1, 0.15) is 19.3 Å². The number of H-pyrrole nitrogens is 1. The number of nitrogens with one attached hydrogen (secondary N) is 3. The number of hydrogen-bond acceptors (Lipinski definition) is 7. The van der Waals surface area contributed by atoms with Crippen molar-refractivity contribution in [2.45, 2.75) is 25.7 Å². The average molecular weight is 606 g/mol. The number of amides is 2. The third-order valence-electron chi connectivity index (χ3n) is 5.70. The molecule has 0 aliphatic carbocycles. The first kappa shape index (κ1) is 28.4. The van der Waals surface area contributed by atoms with Crippen LogP contribution in [0.25, 0.3) is 0 Å². The first-order valence-electron chi connectivity index (χ1n) is 12.3. The summed E-state index contributed by atoms with van der Waals surface area (Å²) in [6.07, 6.45) is 3.96. The van der Waals surface area contributed by atoms with Crippen molar-refractivity contribution in [3.63, 3.8) is 0 Å². The zero-order valence-corrected chi connectivity index (χ0v) is 23.3. The summed E-state index contributed by atoms with van der Waals surface area (Å²) in [5, 5.41) is 6.68. The molecular formula is C29H28BrN5O5. The van der Waals surface area contributed by atoms with E-state index in [4.69, 9.17) is 14.2 Å². The van der Waals surface area contributed by atoms with E-state index < -0.39 is 18.0 Å². The highest BCUT2D eigenvalue weighted by Gasteiger charge is 2.22. The molecule has 0 bridgehead atoms. The van der Waals surface area contributed by atoms with Gasteiger partial charge in [-0.25, -0.2) is 15.2 Å². The van der Waals surface area contributed by atoms with Crippen LogP contribution in [0.2, 0.25) is 0 Å². The van der Waals surface area contributed by atoms with Crippen molar-refractivity contribution in [3.05, 3.63) is 112 Å². The number of hydrazone groups is 1. The summed E-state index contributed by atoms with van der Waals surface area (Å²) in [6, 6.07) is 21.6. The molecule has 0 fully saturated rings. The van der Waals surface area contributed by atoms with Crippen LogP contribution in [0, 0.1) is 0 Å². The van der Waals surface area contributed by atoms with Gasteiger partial charge in [-0.15, -0.1) is 0 Å². The Hall–Kier alpha value is -4.64. The molecule has 2 amide bonds. The van der Waals surface area contributed by atoms with Crippen LogP contribution in [0.5, 0.6) is 11.5 Å². The zero-order chi connectivity index (χ0) is 28.2. The largest absolute Gasteiger partial charge is 0.493 e. The van der Waals surface area contributed by atoms with Crippen molar-refractivity contribution in [3.8, 4) is 11.5 Å². The lowest BCUT2D eigenvalue weighted by molar-refractivity contribution is -0.123. The second-order valence-electron chi connectivity index (χ2n) is 8.57. The minimum atomic E-state index is -0.965. The molecule has 0 spiro atoms. The Kier molecular flexibility index (Phi) is 10.3. The number of rotatable bonds is 12. The van der Waals surface area contributed by atoms with Crippen molar-refractivity contribution in [1.82, 2.24) is 20.7 Å². The van der Waals surface area contributed by atoms with E-state index in [9.17, 15) is 9.59 Å². The number of imidazole rings is 1. The number of alkyl carbamates (subject to hydrolysis) is 1. The molecule has 0 unspecified atom stereocenters. The fourth-order valence-electron chi connectivity index (χ4n) is 3.63. The lowest BCUT2D eigenvalue weighted by Crippen LogP contribution is -2.47. The summed E-state index contributed by atoms with van der Waals surface area (Å²) >= 11 is 3.52. The molecule has 10 nitrogen and oxygen atoms in total. The fraction of sp³-hybridized carbons (Fsp3) is 0.172. The predicted molar refractivity (Wildman–Crippen MR) is 153 cm³/mol. The number of methoxy groups -OCH3 is 1. The molecule has 4 aromatic rings. The van der Waals surface area contributed by atoms with Gasteiger partial charge in [-0.3, -0.25) is 4.79 Å². The van der Waals surface area contributed by atoms with Gasteiger partial charge in [0.05, 0.1) is 19.7 Å². The van der Waals surface area contributed by atoms with Gasteiger partial charge >= 0.3 is 6.09 Å². The molecule has 3 N–H and O–H groups in total. The van der Waals surface area contributed by atoms with Crippen molar-refractivity contribution in [2.75, 3.05) is 7.11 Å². The van der Waals surface area contributed by atoms with Crippen LogP contribution >= 0.6 is 15.9 Å². The number of carbonyl (C=O) groups is 2. The normalized spacial score (nSPS) is 11.6. The van der Waals surface area contributed by atoms with Gasteiger partial charge in [-0.2, -0.15) is 5.10 Å². The Bertz CT molecular complexity index is 1420. The van der Waals surface area contributed by atoms with Crippen LogP contribution in [0.3, 0.4) is 0 Å². The molecule has 0 aliphatic heterocycles. The van der Waals surface area contributed by atoms with Crippen LogP contribution in [0.4, 0.5) is 4.79 Å². The van der Waals surface area contributed by atoms with Gasteiger partial charge < -0.3 is 24.5 Å². The molecule has 1 heterocycles. The highest BCUT2D eigenvalue weighted by atomic mass is 79.9. The number of hydrogen-bond donors (Lipinski definition) is 3. The van der Waals surface area contributed by atoms with Gasteiger partial charge in [-0.1, -0.05) is 60.7 Å². The number of aromatic amines is 1. The lowest BCUT2D eigenvalue weighted by atomic mass is 10.1. The van der Waals surface area contributed by atoms with Crippen LogP contribution in [-0.4, -0.2) is 41.3 Å².